The van der Waals surface area contributed by atoms with Gasteiger partial charge in [-0.2, -0.15) is 0 Å². The molecule has 0 spiro atoms. The van der Waals surface area contributed by atoms with E-state index >= 15 is 0 Å². The van der Waals surface area contributed by atoms with Gasteiger partial charge in [-0.05, 0) is 24.3 Å². The highest BCUT2D eigenvalue weighted by Gasteiger charge is 2.10. The highest BCUT2D eigenvalue weighted by atomic mass is 32.1. The molecule has 0 unspecified atom stereocenters. The second-order valence-corrected chi connectivity index (χ2v) is 5.20. The average molecular weight is 287 g/mol. The van der Waals surface area contributed by atoms with Gasteiger partial charge in [-0.15, -0.1) is 11.3 Å². The van der Waals surface area contributed by atoms with Crippen LogP contribution in [0.4, 0.5) is 4.39 Å². The van der Waals surface area contributed by atoms with Gasteiger partial charge in [-0.1, -0.05) is 0 Å². The lowest BCUT2D eigenvalue weighted by molar-refractivity contribution is 0.0963. The fourth-order valence-corrected chi connectivity index (χ4v) is 2.85. The molecule has 4 nitrogen and oxygen atoms in total. The molecule has 0 aliphatic heterocycles. The predicted molar refractivity (Wildman–Crippen MR) is 76.2 cm³/mol. The summed E-state index contributed by atoms with van der Waals surface area (Å²) in [5.41, 5.74) is 1.99. The van der Waals surface area contributed by atoms with Gasteiger partial charge in [0, 0.05) is 24.4 Å². The van der Waals surface area contributed by atoms with Crippen LogP contribution in [0.1, 0.15) is 10.4 Å². The Morgan fingerprint density at radius 1 is 1.30 bits per heavy atom. The topological polar surface area (TPSA) is 54.9 Å². The van der Waals surface area contributed by atoms with Gasteiger partial charge in [0.15, 0.2) is 0 Å². The van der Waals surface area contributed by atoms with Crippen LogP contribution in [0.5, 0.6) is 0 Å². The summed E-state index contributed by atoms with van der Waals surface area (Å²) in [6.07, 6.45) is 2.72. The fourth-order valence-electron chi connectivity index (χ4n) is 1.86. The summed E-state index contributed by atoms with van der Waals surface area (Å²) < 4.78 is 14.1. The van der Waals surface area contributed by atoms with Crippen molar-refractivity contribution in [1.82, 2.24) is 15.3 Å². The minimum absolute atomic E-state index is 0.144. The molecule has 0 aliphatic rings. The monoisotopic (exact) mass is 287 g/mol. The fraction of sp³-hybridized carbons (Fsp3) is 0.0714. The lowest BCUT2D eigenvalue weighted by atomic mass is 10.2. The van der Waals surface area contributed by atoms with Gasteiger partial charge in [-0.3, -0.25) is 9.78 Å². The van der Waals surface area contributed by atoms with Crippen molar-refractivity contribution in [3.05, 3.63) is 48.0 Å². The number of halogens is 1. The number of fused-ring (bicyclic) bond motifs is 1. The molecule has 1 N–H and O–H groups in total. The molecule has 0 radical (unpaired) electrons. The Morgan fingerprint density at radius 2 is 2.15 bits per heavy atom. The summed E-state index contributed by atoms with van der Waals surface area (Å²) in [5, 5.41) is 3.26. The van der Waals surface area contributed by atoms with Crippen molar-refractivity contribution in [2.45, 2.75) is 0 Å². The van der Waals surface area contributed by atoms with Gasteiger partial charge in [0.25, 0.3) is 5.91 Å². The first-order chi connectivity index (χ1) is 9.67. The van der Waals surface area contributed by atoms with Crippen LogP contribution in [0.15, 0.2) is 36.7 Å². The minimum Gasteiger partial charge on any atom is -0.355 e. The number of carbonyl (C=O) groups excluding carboxylic acids is 1. The van der Waals surface area contributed by atoms with Crippen LogP contribution in [-0.4, -0.2) is 22.9 Å². The predicted octanol–water partition coefficient (Wildman–Crippen LogP) is 2.86. The number of carbonyl (C=O) groups is 1. The Hall–Kier alpha value is -2.34. The molecule has 0 atom stereocenters. The second-order valence-electron chi connectivity index (χ2n) is 4.17. The second kappa shape index (κ2) is 4.97. The normalized spacial score (nSPS) is 10.7. The summed E-state index contributed by atoms with van der Waals surface area (Å²) in [7, 11) is 1.59. The van der Waals surface area contributed by atoms with Gasteiger partial charge in [0.2, 0.25) is 0 Å². The van der Waals surface area contributed by atoms with Crippen molar-refractivity contribution in [2.24, 2.45) is 0 Å². The van der Waals surface area contributed by atoms with Crippen molar-refractivity contribution >= 4 is 27.5 Å². The van der Waals surface area contributed by atoms with Crippen LogP contribution in [0.25, 0.3) is 20.8 Å². The Balaban J connectivity index is 2.09. The third-order valence-corrected chi connectivity index (χ3v) is 3.90. The van der Waals surface area contributed by atoms with Crippen LogP contribution in [0, 0.1) is 5.82 Å². The summed E-state index contributed by atoms with van der Waals surface area (Å²) in [6.45, 7) is 0. The minimum atomic E-state index is -0.396. The summed E-state index contributed by atoms with van der Waals surface area (Å²) >= 11 is 1.40. The van der Waals surface area contributed by atoms with E-state index in [0.29, 0.717) is 16.1 Å². The summed E-state index contributed by atoms with van der Waals surface area (Å²) in [5.74, 6) is -0.540. The van der Waals surface area contributed by atoms with Crippen molar-refractivity contribution in [3.63, 3.8) is 0 Å². The summed E-state index contributed by atoms with van der Waals surface area (Å²) in [4.78, 5) is 19.8. The van der Waals surface area contributed by atoms with E-state index in [9.17, 15) is 9.18 Å². The zero-order valence-corrected chi connectivity index (χ0v) is 11.4. The van der Waals surface area contributed by atoms with Crippen molar-refractivity contribution in [2.75, 3.05) is 7.05 Å². The molecule has 6 heteroatoms. The van der Waals surface area contributed by atoms with Gasteiger partial charge in [0.1, 0.15) is 10.8 Å². The first-order valence-electron chi connectivity index (χ1n) is 5.91. The van der Waals surface area contributed by atoms with Crippen molar-refractivity contribution in [1.29, 1.82) is 0 Å². The molecule has 0 aliphatic carbocycles. The van der Waals surface area contributed by atoms with Crippen LogP contribution in [0.3, 0.4) is 0 Å². The molecule has 100 valence electrons. The molecular formula is C14H10FN3OS. The van der Waals surface area contributed by atoms with E-state index in [1.165, 1.54) is 17.4 Å². The molecule has 3 aromatic rings. The van der Waals surface area contributed by atoms with Gasteiger partial charge >= 0.3 is 0 Å². The lowest BCUT2D eigenvalue weighted by Crippen LogP contribution is -2.17. The number of hydrogen-bond donors (Lipinski definition) is 1. The highest BCUT2D eigenvalue weighted by molar-refractivity contribution is 7.21. The highest BCUT2D eigenvalue weighted by Crippen LogP contribution is 2.30. The largest absolute Gasteiger partial charge is 0.355 e. The van der Waals surface area contributed by atoms with Gasteiger partial charge < -0.3 is 5.32 Å². The van der Waals surface area contributed by atoms with E-state index in [-0.39, 0.29) is 5.91 Å². The smallest absolute Gasteiger partial charge is 0.251 e. The lowest BCUT2D eigenvalue weighted by Gasteiger charge is -1.97. The molecule has 2 aromatic heterocycles. The molecule has 1 aromatic carbocycles. The maximum atomic E-state index is 13.2. The quantitative estimate of drug-likeness (QED) is 0.788. The third kappa shape index (κ3) is 2.25. The number of nitrogens with zero attached hydrogens (tertiary/aromatic N) is 2. The van der Waals surface area contributed by atoms with E-state index in [0.717, 1.165) is 16.4 Å². The molecule has 2 heterocycles. The zero-order chi connectivity index (χ0) is 14.1. The number of hydrogen-bond acceptors (Lipinski definition) is 4. The first-order valence-corrected chi connectivity index (χ1v) is 6.72. The summed E-state index contributed by atoms with van der Waals surface area (Å²) in [6, 6.07) is 6.67. The van der Waals surface area contributed by atoms with Crippen LogP contribution >= 0.6 is 11.3 Å². The van der Waals surface area contributed by atoms with E-state index in [1.807, 2.05) is 0 Å². The van der Waals surface area contributed by atoms with E-state index in [1.54, 1.807) is 31.4 Å². The van der Waals surface area contributed by atoms with Crippen LogP contribution < -0.4 is 5.32 Å². The molecule has 3 rings (SSSR count). The Kier molecular flexibility index (Phi) is 3.15. The molecule has 1 amide bonds. The Bertz CT molecular complexity index is 800. The standard InChI is InChI=1S/C14H10FN3OS/c1-16-13(19)8-2-3-11-12(5-8)20-14(18-11)9-4-10(15)7-17-6-9/h2-7H,1H3,(H,16,19). The Morgan fingerprint density at radius 3 is 2.90 bits per heavy atom. The van der Waals surface area contributed by atoms with E-state index in [4.69, 9.17) is 0 Å². The zero-order valence-electron chi connectivity index (χ0n) is 10.6. The number of thiazole rings is 1. The van der Waals surface area contributed by atoms with Crippen molar-refractivity contribution < 1.29 is 9.18 Å². The number of nitrogens with one attached hydrogen (secondary N) is 1. The van der Waals surface area contributed by atoms with Crippen molar-refractivity contribution in [3.8, 4) is 10.6 Å². The molecule has 0 fully saturated rings. The maximum absolute atomic E-state index is 13.2. The van der Waals surface area contributed by atoms with Crippen LogP contribution in [0.2, 0.25) is 0 Å². The van der Waals surface area contributed by atoms with Crippen LogP contribution in [-0.2, 0) is 0 Å². The SMILES string of the molecule is CNC(=O)c1ccc2nc(-c3cncc(F)c3)sc2c1. The molecular weight excluding hydrogens is 277 g/mol. The third-order valence-electron chi connectivity index (χ3n) is 2.83. The average Bonchev–Trinajstić information content (AvgIpc) is 2.89. The molecule has 20 heavy (non-hydrogen) atoms. The number of aromatic nitrogens is 2. The van der Waals surface area contributed by atoms with E-state index in [2.05, 4.69) is 15.3 Å². The maximum Gasteiger partial charge on any atom is 0.251 e. The molecule has 0 bridgehead atoms. The van der Waals surface area contributed by atoms with E-state index < -0.39 is 5.82 Å². The molecule has 0 saturated heterocycles. The number of benzene rings is 1. The number of rotatable bonds is 2. The molecule has 0 saturated carbocycles. The van der Waals surface area contributed by atoms with Gasteiger partial charge in [-0.25, -0.2) is 9.37 Å². The Labute approximate surface area is 118 Å². The number of pyridine rings is 1. The first kappa shape index (κ1) is 12.7. The number of amides is 1. The van der Waals surface area contributed by atoms with Gasteiger partial charge in [0.05, 0.1) is 16.4 Å².